The first kappa shape index (κ1) is 31.0. The summed E-state index contributed by atoms with van der Waals surface area (Å²) in [4.78, 5) is 42.9. The van der Waals surface area contributed by atoms with Gasteiger partial charge in [0.05, 0.1) is 0 Å². The maximum absolute atomic E-state index is 14.5. The molecule has 2 aromatic carbocycles. The largest absolute Gasteiger partial charge is 0.508 e. The van der Waals surface area contributed by atoms with Crippen LogP contribution in [0.15, 0.2) is 48.5 Å². The first-order valence-corrected chi connectivity index (χ1v) is 14.4. The van der Waals surface area contributed by atoms with Crippen molar-refractivity contribution in [3.05, 3.63) is 65.2 Å². The van der Waals surface area contributed by atoms with E-state index < -0.39 is 23.8 Å². The van der Waals surface area contributed by atoms with E-state index in [-0.39, 0.29) is 30.0 Å². The van der Waals surface area contributed by atoms with E-state index in [0.717, 1.165) is 55.2 Å². The van der Waals surface area contributed by atoms with Crippen LogP contribution in [0.3, 0.4) is 0 Å². The molecule has 3 amide bonds. The van der Waals surface area contributed by atoms with Crippen molar-refractivity contribution in [2.24, 2.45) is 0 Å². The van der Waals surface area contributed by atoms with Crippen LogP contribution >= 0.6 is 0 Å². The second-order valence-corrected chi connectivity index (χ2v) is 11.7. The number of rotatable bonds is 12. The topological polar surface area (TPSA) is 108 Å². The minimum Gasteiger partial charge on any atom is -0.508 e. The second-order valence-electron chi connectivity index (χ2n) is 11.7. The summed E-state index contributed by atoms with van der Waals surface area (Å²) in [6.45, 7) is 9.89. The van der Waals surface area contributed by atoms with Crippen LogP contribution in [0.4, 0.5) is 4.79 Å². The molecule has 0 saturated heterocycles. The fourth-order valence-corrected chi connectivity index (χ4v) is 4.87. The first-order chi connectivity index (χ1) is 19.0. The zero-order valence-corrected chi connectivity index (χ0v) is 24.5. The Morgan fingerprint density at radius 2 is 1.73 bits per heavy atom. The number of phenolic OH excluding ortho intramolecular Hbond substituents is 1. The Kier molecular flexibility index (Phi) is 11.0. The van der Waals surface area contributed by atoms with Crippen LogP contribution in [0.5, 0.6) is 5.75 Å². The van der Waals surface area contributed by atoms with Gasteiger partial charge in [-0.3, -0.25) is 9.59 Å². The van der Waals surface area contributed by atoms with Crippen molar-refractivity contribution >= 4 is 17.9 Å². The summed E-state index contributed by atoms with van der Waals surface area (Å²) in [7, 11) is 0. The molecule has 2 aromatic rings. The molecule has 3 N–H and O–H groups in total. The number of nitrogens with one attached hydrogen (secondary N) is 2. The molecule has 0 aromatic heterocycles. The van der Waals surface area contributed by atoms with E-state index in [2.05, 4.69) is 17.6 Å². The summed E-state index contributed by atoms with van der Waals surface area (Å²) < 4.78 is 5.50. The van der Waals surface area contributed by atoms with Gasteiger partial charge in [-0.1, -0.05) is 56.2 Å². The third-order valence-corrected chi connectivity index (χ3v) is 7.18. The smallest absolute Gasteiger partial charge is 0.408 e. The quantitative estimate of drug-likeness (QED) is 0.299. The van der Waals surface area contributed by atoms with E-state index in [1.165, 1.54) is 0 Å². The number of alkyl carbamates (subject to hydrolysis) is 1. The predicted octanol–water partition coefficient (Wildman–Crippen LogP) is 5.57. The minimum absolute atomic E-state index is 0.113. The van der Waals surface area contributed by atoms with Crippen molar-refractivity contribution in [3.63, 3.8) is 0 Å². The van der Waals surface area contributed by atoms with Crippen LogP contribution in [0, 0.1) is 6.92 Å². The number of aromatic hydroxyl groups is 1. The summed E-state index contributed by atoms with van der Waals surface area (Å²) >= 11 is 0. The Bertz CT molecular complexity index is 1140. The Morgan fingerprint density at radius 3 is 2.30 bits per heavy atom. The van der Waals surface area contributed by atoms with Crippen LogP contribution in [0.1, 0.15) is 89.0 Å². The first-order valence-electron chi connectivity index (χ1n) is 14.4. The van der Waals surface area contributed by atoms with Gasteiger partial charge in [-0.2, -0.15) is 0 Å². The summed E-state index contributed by atoms with van der Waals surface area (Å²) in [6, 6.07) is 12.3. The molecule has 40 heavy (non-hydrogen) atoms. The number of carbonyl (C=O) groups excluding carboxylic acids is 3. The lowest BCUT2D eigenvalue weighted by atomic mass is 9.87. The zero-order chi connectivity index (χ0) is 29.3. The van der Waals surface area contributed by atoms with E-state index >= 15 is 0 Å². The molecule has 8 heteroatoms. The lowest BCUT2D eigenvalue weighted by molar-refractivity contribution is -0.147. The summed E-state index contributed by atoms with van der Waals surface area (Å²) in [5.41, 5.74) is 1.71. The van der Waals surface area contributed by atoms with Crippen molar-refractivity contribution in [1.29, 1.82) is 0 Å². The van der Waals surface area contributed by atoms with E-state index in [1.807, 2.05) is 31.2 Å². The highest BCUT2D eigenvalue weighted by atomic mass is 16.6. The highest BCUT2D eigenvalue weighted by Crippen LogP contribution is 2.35. The molecule has 0 heterocycles. The Hall–Kier alpha value is -3.55. The Balaban J connectivity index is 2.00. The van der Waals surface area contributed by atoms with Crippen LogP contribution in [0.2, 0.25) is 0 Å². The summed E-state index contributed by atoms with van der Waals surface area (Å²) in [5.74, 6) is -0.436. The lowest BCUT2D eigenvalue weighted by Crippen LogP contribution is -2.58. The summed E-state index contributed by atoms with van der Waals surface area (Å²) in [5, 5.41) is 15.6. The highest BCUT2D eigenvalue weighted by Gasteiger charge is 2.42. The number of amides is 3. The van der Waals surface area contributed by atoms with Gasteiger partial charge in [0.1, 0.15) is 23.4 Å². The molecule has 1 saturated carbocycles. The molecule has 0 spiro atoms. The molecule has 1 fully saturated rings. The molecule has 1 aliphatic carbocycles. The van der Waals surface area contributed by atoms with Crippen molar-refractivity contribution in [2.75, 3.05) is 6.54 Å². The van der Waals surface area contributed by atoms with E-state index in [0.29, 0.717) is 6.54 Å². The molecule has 218 valence electrons. The third-order valence-electron chi connectivity index (χ3n) is 7.18. The van der Waals surface area contributed by atoms with E-state index in [9.17, 15) is 19.5 Å². The molecule has 3 rings (SSSR count). The maximum atomic E-state index is 14.5. The molecular weight excluding hydrogens is 506 g/mol. The van der Waals surface area contributed by atoms with E-state index in [1.54, 1.807) is 49.9 Å². The number of hydrogen-bond donors (Lipinski definition) is 3. The SMILES string of the molecule is CCCCCNC(=O)C(c1ccccc1C)N(C(=O)C(Cc1ccc(O)cc1)NC(=O)OC(C)(C)C)C1CCC1. The number of unbranched alkanes of at least 4 members (excludes halogenated alkanes) is 2. The molecule has 1 aliphatic rings. The molecule has 0 bridgehead atoms. The third kappa shape index (κ3) is 8.73. The van der Waals surface area contributed by atoms with Crippen molar-refractivity contribution in [1.82, 2.24) is 15.5 Å². The van der Waals surface area contributed by atoms with E-state index in [4.69, 9.17) is 4.74 Å². The molecule has 0 radical (unpaired) electrons. The fraction of sp³-hybridized carbons (Fsp3) is 0.531. The maximum Gasteiger partial charge on any atom is 0.408 e. The number of ether oxygens (including phenoxy) is 1. The molecule has 2 unspecified atom stereocenters. The second kappa shape index (κ2) is 14.2. The predicted molar refractivity (Wildman–Crippen MR) is 156 cm³/mol. The molecule has 0 aliphatic heterocycles. The summed E-state index contributed by atoms with van der Waals surface area (Å²) in [6.07, 6.45) is 4.94. The highest BCUT2D eigenvalue weighted by molar-refractivity contribution is 5.92. The fourth-order valence-electron chi connectivity index (χ4n) is 4.87. The molecule has 8 nitrogen and oxygen atoms in total. The van der Waals surface area contributed by atoms with Gasteiger partial charge in [0, 0.05) is 19.0 Å². The van der Waals surface area contributed by atoms with Crippen LogP contribution in [-0.2, 0) is 20.7 Å². The Labute approximate surface area is 238 Å². The number of nitrogens with zero attached hydrogens (tertiary/aromatic N) is 1. The standard InChI is InChI=1S/C32H45N3O5/c1-6-7-10-20-33-29(37)28(26-15-9-8-12-22(26)2)35(24-13-11-14-24)30(38)27(34-31(39)40-32(3,4)5)21-23-16-18-25(36)19-17-23/h8-9,12,15-19,24,27-28,36H,6-7,10-11,13-14,20-21H2,1-5H3,(H,33,37)(H,34,39). The van der Waals surface area contributed by atoms with Crippen LogP contribution in [-0.4, -0.2) is 52.1 Å². The normalized spacial score (nSPS) is 14.9. The van der Waals surface area contributed by atoms with Crippen molar-refractivity contribution < 1.29 is 24.2 Å². The van der Waals surface area contributed by atoms with Crippen molar-refractivity contribution in [3.8, 4) is 5.75 Å². The number of benzene rings is 2. The average Bonchev–Trinajstić information content (AvgIpc) is 2.85. The van der Waals surface area contributed by atoms with Crippen LogP contribution < -0.4 is 10.6 Å². The van der Waals surface area contributed by atoms with Gasteiger partial charge < -0.3 is 25.4 Å². The van der Waals surface area contributed by atoms with Gasteiger partial charge in [-0.15, -0.1) is 0 Å². The van der Waals surface area contributed by atoms with Gasteiger partial charge in [0.2, 0.25) is 11.8 Å². The van der Waals surface area contributed by atoms with Crippen LogP contribution in [0.25, 0.3) is 0 Å². The average molecular weight is 552 g/mol. The van der Waals surface area contributed by atoms with Crippen molar-refractivity contribution in [2.45, 2.75) is 103 Å². The zero-order valence-electron chi connectivity index (χ0n) is 24.5. The lowest BCUT2D eigenvalue weighted by Gasteiger charge is -2.44. The number of carbonyl (C=O) groups is 3. The van der Waals surface area contributed by atoms with Gasteiger partial charge in [0.15, 0.2) is 0 Å². The van der Waals surface area contributed by atoms with Gasteiger partial charge >= 0.3 is 6.09 Å². The Morgan fingerprint density at radius 1 is 1.05 bits per heavy atom. The van der Waals surface area contributed by atoms with Gasteiger partial charge in [0.25, 0.3) is 0 Å². The van der Waals surface area contributed by atoms with Gasteiger partial charge in [-0.05, 0) is 82.2 Å². The molecule has 2 atom stereocenters. The number of hydrogen-bond acceptors (Lipinski definition) is 5. The number of phenols is 1. The monoisotopic (exact) mass is 551 g/mol. The number of aryl methyl sites for hydroxylation is 1. The minimum atomic E-state index is -0.973. The molecular formula is C32H45N3O5. The van der Waals surface area contributed by atoms with Gasteiger partial charge in [-0.25, -0.2) is 4.79 Å².